The number of rotatable bonds is 3. The van der Waals surface area contributed by atoms with Gasteiger partial charge in [0.05, 0.1) is 5.56 Å². The number of alkyl halides is 3. The number of hydrogen-bond acceptors (Lipinski definition) is 2. The Balaban J connectivity index is 2.19. The van der Waals surface area contributed by atoms with Gasteiger partial charge in [0.25, 0.3) is 0 Å². The zero-order valence-corrected chi connectivity index (χ0v) is 10.9. The molecular weight excluding hydrogens is 265 g/mol. The highest BCUT2D eigenvalue weighted by Crippen LogP contribution is 2.39. The van der Waals surface area contributed by atoms with Gasteiger partial charge in [-0.15, -0.1) is 0 Å². The van der Waals surface area contributed by atoms with Gasteiger partial charge >= 0.3 is 6.18 Å². The van der Waals surface area contributed by atoms with Crippen LogP contribution < -0.4 is 4.90 Å². The van der Waals surface area contributed by atoms with E-state index in [4.69, 9.17) is 11.6 Å². The SMILES string of the molecule is CC1CC1CN(C)c1cc(C(F)(F)F)cc(Cl)n1. The van der Waals surface area contributed by atoms with Gasteiger partial charge in [-0.1, -0.05) is 18.5 Å². The molecule has 0 aromatic carbocycles. The fourth-order valence-electron chi connectivity index (χ4n) is 1.94. The van der Waals surface area contributed by atoms with Crippen molar-refractivity contribution in [1.29, 1.82) is 0 Å². The lowest BCUT2D eigenvalue weighted by molar-refractivity contribution is -0.137. The molecule has 0 bridgehead atoms. The van der Waals surface area contributed by atoms with Gasteiger partial charge in [-0.2, -0.15) is 13.2 Å². The van der Waals surface area contributed by atoms with E-state index < -0.39 is 11.7 Å². The summed E-state index contributed by atoms with van der Waals surface area (Å²) in [5.74, 6) is 1.47. The minimum atomic E-state index is -4.39. The molecule has 1 aromatic heterocycles. The molecule has 1 saturated carbocycles. The van der Waals surface area contributed by atoms with Crippen molar-refractivity contribution in [2.24, 2.45) is 11.8 Å². The molecule has 1 heterocycles. The van der Waals surface area contributed by atoms with Crippen LogP contribution >= 0.6 is 11.6 Å². The molecule has 18 heavy (non-hydrogen) atoms. The minimum absolute atomic E-state index is 0.129. The van der Waals surface area contributed by atoms with Gasteiger partial charge in [-0.05, 0) is 30.4 Å². The Morgan fingerprint density at radius 2 is 2.06 bits per heavy atom. The first-order chi connectivity index (χ1) is 8.27. The largest absolute Gasteiger partial charge is 0.416 e. The smallest absolute Gasteiger partial charge is 0.359 e. The number of pyridine rings is 1. The van der Waals surface area contributed by atoms with Crippen LogP contribution in [0.1, 0.15) is 18.9 Å². The topological polar surface area (TPSA) is 16.1 Å². The van der Waals surface area contributed by atoms with Gasteiger partial charge < -0.3 is 4.90 Å². The Morgan fingerprint density at radius 3 is 2.56 bits per heavy atom. The second-order valence-electron chi connectivity index (χ2n) is 4.89. The zero-order chi connectivity index (χ0) is 13.5. The van der Waals surface area contributed by atoms with E-state index in [0.29, 0.717) is 18.4 Å². The van der Waals surface area contributed by atoms with E-state index in [1.165, 1.54) is 0 Å². The maximum absolute atomic E-state index is 12.6. The summed E-state index contributed by atoms with van der Waals surface area (Å²) in [6.07, 6.45) is -3.27. The quantitative estimate of drug-likeness (QED) is 0.781. The fourth-order valence-corrected chi connectivity index (χ4v) is 2.15. The summed E-state index contributed by atoms with van der Waals surface area (Å²) >= 11 is 5.64. The molecule has 1 aliphatic rings. The van der Waals surface area contributed by atoms with Crippen molar-refractivity contribution in [3.63, 3.8) is 0 Å². The third-order valence-corrected chi connectivity index (χ3v) is 3.48. The van der Waals surface area contributed by atoms with Crippen molar-refractivity contribution in [2.45, 2.75) is 19.5 Å². The van der Waals surface area contributed by atoms with Crippen LogP contribution in [0.2, 0.25) is 5.15 Å². The maximum Gasteiger partial charge on any atom is 0.416 e. The number of nitrogens with zero attached hydrogens (tertiary/aromatic N) is 2. The van der Waals surface area contributed by atoms with Gasteiger partial charge in [-0.3, -0.25) is 0 Å². The number of anilines is 1. The molecule has 0 aliphatic heterocycles. The maximum atomic E-state index is 12.6. The molecule has 2 atom stereocenters. The van der Waals surface area contributed by atoms with E-state index >= 15 is 0 Å². The van der Waals surface area contributed by atoms with Crippen LogP contribution in [-0.2, 0) is 6.18 Å². The fraction of sp³-hybridized carbons (Fsp3) is 0.583. The highest BCUT2D eigenvalue weighted by atomic mass is 35.5. The summed E-state index contributed by atoms with van der Waals surface area (Å²) in [6.45, 7) is 2.84. The van der Waals surface area contributed by atoms with Crippen LogP contribution in [0.3, 0.4) is 0 Å². The first kappa shape index (κ1) is 13.5. The van der Waals surface area contributed by atoms with Crippen molar-refractivity contribution in [3.05, 3.63) is 22.8 Å². The second-order valence-corrected chi connectivity index (χ2v) is 5.28. The van der Waals surface area contributed by atoms with E-state index in [1.54, 1.807) is 11.9 Å². The molecule has 100 valence electrons. The normalized spacial score (nSPS) is 23.0. The van der Waals surface area contributed by atoms with Crippen molar-refractivity contribution in [1.82, 2.24) is 4.98 Å². The highest BCUT2D eigenvalue weighted by Gasteiger charge is 2.35. The Bertz CT molecular complexity index is 447. The third-order valence-electron chi connectivity index (χ3n) is 3.28. The summed E-state index contributed by atoms with van der Waals surface area (Å²) in [6, 6.07) is 1.89. The lowest BCUT2D eigenvalue weighted by atomic mass is 10.2. The van der Waals surface area contributed by atoms with Gasteiger partial charge in [0.15, 0.2) is 0 Å². The molecular formula is C12H14ClF3N2. The number of aromatic nitrogens is 1. The number of hydrogen-bond donors (Lipinski definition) is 0. The minimum Gasteiger partial charge on any atom is -0.359 e. The van der Waals surface area contributed by atoms with E-state index in [0.717, 1.165) is 18.6 Å². The average molecular weight is 279 g/mol. The first-order valence-electron chi connectivity index (χ1n) is 5.73. The summed E-state index contributed by atoms with van der Waals surface area (Å²) < 4.78 is 37.9. The van der Waals surface area contributed by atoms with E-state index in [2.05, 4.69) is 11.9 Å². The van der Waals surface area contributed by atoms with Gasteiger partial charge in [0.2, 0.25) is 0 Å². The van der Waals surface area contributed by atoms with Crippen LogP contribution in [0.4, 0.5) is 19.0 Å². The summed E-state index contributed by atoms with van der Waals surface area (Å²) in [4.78, 5) is 5.68. The van der Waals surface area contributed by atoms with Crippen molar-refractivity contribution < 1.29 is 13.2 Å². The molecule has 1 aliphatic carbocycles. The first-order valence-corrected chi connectivity index (χ1v) is 6.11. The monoisotopic (exact) mass is 278 g/mol. The third kappa shape index (κ3) is 3.07. The molecule has 2 rings (SSSR count). The molecule has 1 fully saturated rings. The van der Waals surface area contributed by atoms with Crippen LogP contribution in [0.5, 0.6) is 0 Å². The highest BCUT2D eigenvalue weighted by molar-refractivity contribution is 6.29. The molecule has 1 aromatic rings. The Hall–Kier alpha value is -0.970. The Kier molecular flexibility index (Phi) is 3.45. The Morgan fingerprint density at radius 1 is 1.44 bits per heavy atom. The molecule has 0 N–H and O–H groups in total. The predicted octanol–water partition coefficient (Wildman–Crippen LogP) is 3.85. The van der Waals surface area contributed by atoms with Gasteiger partial charge in [0.1, 0.15) is 11.0 Å². The molecule has 0 saturated heterocycles. The summed E-state index contributed by atoms with van der Waals surface area (Å²) in [7, 11) is 1.74. The van der Waals surface area contributed by atoms with Gasteiger partial charge in [-0.25, -0.2) is 4.98 Å². The van der Waals surface area contributed by atoms with E-state index in [1.807, 2.05) is 0 Å². The Labute approximate surface area is 109 Å². The predicted molar refractivity (Wildman–Crippen MR) is 64.8 cm³/mol. The molecule has 0 amide bonds. The van der Waals surface area contributed by atoms with Crippen LogP contribution in [0.15, 0.2) is 12.1 Å². The van der Waals surface area contributed by atoms with E-state index in [9.17, 15) is 13.2 Å². The van der Waals surface area contributed by atoms with Gasteiger partial charge in [0, 0.05) is 13.6 Å². The molecule has 2 nitrogen and oxygen atoms in total. The molecule has 0 spiro atoms. The zero-order valence-electron chi connectivity index (χ0n) is 10.1. The summed E-state index contributed by atoms with van der Waals surface area (Å²) in [5.41, 5.74) is -0.756. The van der Waals surface area contributed by atoms with Crippen LogP contribution in [0, 0.1) is 11.8 Å². The van der Waals surface area contributed by atoms with Crippen molar-refractivity contribution in [2.75, 3.05) is 18.5 Å². The summed E-state index contributed by atoms with van der Waals surface area (Å²) in [5, 5.41) is -0.129. The second kappa shape index (κ2) is 4.61. The number of halogens is 4. The van der Waals surface area contributed by atoms with Crippen LogP contribution in [-0.4, -0.2) is 18.6 Å². The average Bonchev–Trinajstić information content (AvgIpc) is 2.92. The molecule has 2 unspecified atom stereocenters. The van der Waals surface area contributed by atoms with E-state index in [-0.39, 0.29) is 11.0 Å². The van der Waals surface area contributed by atoms with Crippen molar-refractivity contribution in [3.8, 4) is 0 Å². The lowest BCUT2D eigenvalue weighted by Gasteiger charge is -2.19. The van der Waals surface area contributed by atoms with Crippen LogP contribution in [0.25, 0.3) is 0 Å². The molecule has 0 radical (unpaired) electrons. The lowest BCUT2D eigenvalue weighted by Crippen LogP contribution is -2.22. The molecule has 6 heteroatoms. The van der Waals surface area contributed by atoms with Crippen molar-refractivity contribution >= 4 is 17.4 Å². The standard InChI is InChI=1S/C12H14ClF3N2/c1-7-3-8(7)6-18(2)11-5-9(12(14,15)16)4-10(13)17-11/h4-5,7-8H,3,6H2,1-2H3.